The minimum Gasteiger partial charge on any atom is -0.288 e. The van der Waals surface area contributed by atoms with Crippen LogP contribution in [0.1, 0.15) is 20.8 Å². The summed E-state index contributed by atoms with van der Waals surface area (Å²) in [4.78, 5) is 1.20. The van der Waals surface area contributed by atoms with Gasteiger partial charge in [0, 0.05) is 4.90 Å². The Morgan fingerprint density at radius 3 is 2.00 bits per heavy atom. The molecule has 0 fully saturated rings. The lowest BCUT2D eigenvalue weighted by Gasteiger charge is -2.31. The molecule has 1 aromatic rings. The van der Waals surface area contributed by atoms with Gasteiger partial charge >= 0.3 is 0 Å². The van der Waals surface area contributed by atoms with Crippen LogP contribution in [0.15, 0.2) is 29.2 Å². The van der Waals surface area contributed by atoms with Crippen molar-refractivity contribution in [1.82, 2.24) is 0 Å². The lowest BCUT2D eigenvalue weighted by atomic mass is 10.1. The van der Waals surface area contributed by atoms with Gasteiger partial charge in [0.15, 0.2) is 0 Å². The summed E-state index contributed by atoms with van der Waals surface area (Å²) in [6.07, 6.45) is 2.04. The van der Waals surface area contributed by atoms with Gasteiger partial charge in [0.25, 0.3) is 0 Å². The summed E-state index contributed by atoms with van der Waals surface area (Å²) in [5.74, 6) is 0. The summed E-state index contributed by atoms with van der Waals surface area (Å²) in [7, 11) is 0. The molecule has 1 N–H and O–H groups in total. The summed E-state index contributed by atoms with van der Waals surface area (Å²) >= 11 is 1.70. The van der Waals surface area contributed by atoms with Crippen molar-refractivity contribution in [3.63, 3.8) is 0 Å². The number of hydrogen-bond donors (Lipinski definition) is 1. The summed E-state index contributed by atoms with van der Waals surface area (Å²) in [6.45, 7) is 5.90. The second-order valence-corrected chi connectivity index (χ2v) is 5.06. The molecule has 0 unspecified atom stereocenters. The SMILES string of the molecule is CSc1ccc(N(O)C(C)(C)C)cc1. The van der Waals surface area contributed by atoms with Crippen LogP contribution in [0.3, 0.4) is 0 Å². The van der Waals surface area contributed by atoms with Crippen LogP contribution in [0, 0.1) is 0 Å². The van der Waals surface area contributed by atoms with E-state index in [1.54, 1.807) is 11.8 Å². The maximum Gasteiger partial charge on any atom is 0.0641 e. The smallest absolute Gasteiger partial charge is 0.0641 e. The Bertz CT molecular complexity index is 289. The Hall–Kier alpha value is -0.670. The molecule has 78 valence electrons. The highest BCUT2D eigenvalue weighted by molar-refractivity contribution is 7.98. The van der Waals surface area contributed by atoms with Crippen LogP contribution in [0.2, 0.25) is 0 Å². The number of rotatable bonds is 2. The molecule has 0 saturated carbocycles. The standard InChI is InChI=1S/C11H17NOS/c1-11(2,3)12(13)9-5-7-10(14-4)8-6-9/h5-8,13H,1-4H3. The van der Waals surface area contributed by atoms with E-state index in [-0.39, 0.29) is 5.54 Å². The molecule has 0 spiro atoms. The Labute approximate surface area is 89.9 Å². The van der Waals surface area contributed by atoms with Crippen molar-refractivity contribution < 1.29 is 5.21 Å². The van der Waals surface area contributed by atoms with Gasteiger partial charge in [-0.05, 0) is 51.3 Å². The van der Waals surface area contributed by atoms with E-state index in [0.717, 1.165) is 5.69 Å². The van der Waals surface area contributed by atoms with Crippen LogP contribution in [-0.2, 0) is 0 Å². The zero-order valence-electron chi connectivity index (χ0n) is 9.11. The van der Waals surface area contributed by atoms with Gasteiger partial charge in [-0.3, -0.25) is 10.3 Å². The van der Waals surface area contributed by atoms with Gasteiger partial charge < -0.3 is 0 Å². The van der Waals surface area contributed by atoms with Crippen LogP contribution < -0.4 is 5.06 Å². The maximum atomic E-state index is 9.85. The Kier molecular flexibility index (Phi) is 3.45. The van der Waals surface area contributed by atoms with Crippen molar-refractivity contribution in [2.45, 2.75) is 31.2 Å². The van der Waals surface area contributed by atoms with E-state index in [0.29, 0.717) is 0 Å². The van der Waals surface area contributed by atoms with E-state index in [2.05, 4.69) is 0 Å². The predicted octanol–water partition coefficient (Wildman–Crippen LogP) is 3.40. The fourth-order valence-corrected chi connectivity index (χ4v) is 1.52. The van der Waals surface area contributed by atoms with Crippen molar-refractivity contribution in [3.8, 4) is 0 Å². The third kappa shape index (κ3) is 2.66. The third-order valence-corrected chi connectivity index (χ3v) is 2.70. The van der Waals surface area contributed by atoms with Gasteiger partial charge in [-0.1, -0.05) is 0 Å². The highest BCUT2D eigenvalue weighted by Gasteiger charge is 2.19. The van der Waals surface area contributed by atoms with Crippen molar-refractivity contribution in [2.24, 2.45) is 0 Å². The number of benzene rings is 1. The van der Waals surface area contributed by atoms with Crippen LogP contribution in [0.25, 0.3) is 0 Å². The molecule has 0 aliphatic rings. The van der Waals surface area contributed by atoms with Gasteiger partial charge in [-0.15, -0.1) is 11.8 Å². The van der Waals surface area contributed by atoms with Gasteiger partial charge in [-0.2, -0.15) is 0 Å². The molecule has 2 nitrogen and oxygen atoms in total. The average molecular weight is 211 g/mol. The minimum atomic E-state index is -0.263. The lowest BCUT2D eigenvalue weighted by molar-refractivity contribution is 0.181. The Balaban J connectivity index is 2.87. The number of thioether (sulfide) groups is 1. The molecule has 0 heterocycles. The van der Waals surface area contributed by atoms with Crippen molar-refractivity contribution in [2.75, 3.05) is 11.3 Å². The monoisotopic (exact) mass is 211 g/mol. The van der Waals surface area contributed by atoms with Crippen LogP contribution in [-0.4, -0.2) is 17.0 Å². The number of nitrogens with zero attached hydrogens (tertiary/aromatic N) is 1. The molecule has 1 aromatic carbocycles. The fraction of sp³-hybridized carbons (Fsp3) is 0.455. The highest BCUT2D eigenvalue weighted by atomic mass is 32.2. The molecular formula is C11H17NOS. The van der Waals surface area contributed by atoms with E-state index in [4.69, 9.17) is 0 Å². The molecule has 0 atom stereocenters. The molecule has 0 aromatic heterocycles. The molecule has 14 heavy (non-hydrogen) atoms. The second-order valence-electron chi connectivity index (χ2n) is 4.18. The van der Waals surface area contributed by atoms with E-state index < -0.39 is 0 Å². The van der Waals surface area contributed by atoms with E-state index in [1.807, 2.05) is 51.3 Å². The maximum absolute atomic E-state index is 9.85. The van der Waals surface area contributed by atoms with E-state index in [9.17, 15) is 5.21 Å². The second kappa shape index (κ2) is 4.24. The fourth-order valence-electron chi connectivity index (χ4n) is 1.11. The molecule has 0 aliphatic carbocycles. The van der Waals surface area contributed by atoms with Crippen LogP contribution in [0.4, 0.5) is 5.69 Å². The largest absolute Gasteiger partial charge is 0.288 e. The zero-order valence-corrected chi connectivity index (χ0v) is 9.93. The number of hydroxylamine groups is 1. The topological polar surface area (TPSA) is 23.5 Å². The molecule has 0 saturated heterocycles. The van der Waals surface area contributed by atoms with Gasteiger partial charge in [0.2, 0.25) is 0 Å². The summed E-state index contributed by atoms with van der Waals surface area (Å²) in [5, 5.41) is 11.1. The Morgan fingerprint density at radius 1 is 1.14 bits per heavy atom. The van der Waals surface area contributed by atoms with E-state index in [1.165, 1.54) is 9.96 Å². The molecule has 0 amide bonds. The molecule has 0 bridgehead atoms. The summed E-state index contributed by atoms with van der Waals surface area (Å²) in [6, 6.07) is 7.87. The first-order valence-electron chi connectivity index (χ1n) is 4.58. The molecular weight excluding hydrogens is 194 g/mol. The number of anilines is 1. The first kappa shape index (κ1) is 11.4. The van der Waals surface area contributed by atoms with Gasteiger partial charge in [0.05, 0.1) is 11.2 Å². The van der Waals surface area contributed by atoms with Crippen molar-refractivity contribution in [3.05, 3.63) is 24.3 Å². The molecule has 0 aliphatic heterocycles. The van der Waals surface area contributed by atoms with Crippen LogP contribution >= 0.6 is 11.8 Å². The van der Waals surface area contributed by atoms with Crippen molar-refractivity contribution >= 4 is 17.4 Å². The quantitative estimate of drug-likeness (QED) is 0.599. The first-order valence-corrected chi connectivity index (χ1v) is 5.81. The van der Waals surface area contributed by atoms with Gasteiger partial charge in [-0.25, -0.2) is 0 Å². The normalized spacial score (nSPS) is 11.5. The third-order valence-electron chi connectivity index (χ3n) is 1.95. The molecule has 3 heteroatoms. The molecule has 1 rings (SSSR count). The first-order chi connectivity index (χ1) is 6.45. The van der Waals surface area contributed by atoms with Crippen LogP contribution in [0.5, 0.6) is 0 Å². The summed E-state index contributed by atoms with van der Waals surface area (Å²) < 4.78 is 0. The van der Waals surface area contributed by atoms with E-state index >= 15 is 0 Å². The Morgan fingerprint density at radius 2 is 1.64 bits per heavy atom. The molecule has 0 radical (unpaired) electrons. The van der Waals surface area contributed by atoms with Crippen molar-refractivity contribution in [1.29, 1.82) is 0 Å². The highest BCUT2D eigenvalue weighted by Crippen LogP contribution is 2.24. The lowest BCUT2D eigenvalue weighted by Crippen LogP contribution is -2.38. The van der Waals surface area contributed by atoms with Gasteiger partial charge in [0.1, 0.15) is 0 Å². The number of hydrogen-bond acceptors (Lipinski definition) is 3. The average Bonchev–Trinajstić information content (AvgIpc) is 2.15. The predicted molar refractivity (Wildman–Crippen MR) is 62.2 cm³/mol. The minimum absolute atomic E-state index is 0.263. The zero-order chi connectivity index (χ0) is 10.8. The summed E-state index contributed by atoms with van der Waals surface area (Å²) in [5.41, 5.74) is 0.566.